The van der Waals surface area contributed by atoms with Crippen LogP contribution in [0.5, 0.6) is 5.75 Å². The number of aromatic nitrogens is 1. The van der Waals surface area contributed by atoms with E-state index in [9.17, 15) is 9.18 Å². The van der Waals surface area contributed by atoms with Gasteiger partial charge in [-0.2, -0.15) is 0 Å². The molecule has 0 bridgehead atoms. The van der Waals surface area contributed by atoms with E-state index in [-0.39, 0.29) is 11.7 Å². The van der Waals surface area contributed by atoms with Gasteiger partial charge in [0.1, 0.15) is 17.4 Å². The Kier molecular flexibility index (Phi) is 8.32. The zero-order chi connectivity index (χ0) is 24.6. The van der Waals surface area contributed by atoms with E-state index in [1.54, 1.807) is 25.3 Å². The molecule has 35 heavy (non-hydrogen) atoms. The lowest BCUT2D eigenvalue weighted by Gasteiger charge is -2.31. The third-order valence-electron chi connectivity index (χ3n) is 6.25. The van der Waals surface area contributed by atoms with Gasteiger partial charge >= 0.3 is 0 Å². The predicted octanol–water partition coefficient (Wildman–Crippen LogP) is 4.76. The Labute approximate surface area is 206 Å². The molecule has 7 heteroatoms. The van der Waals surface area contributed by atoms with Crippen LogP contribution in [0, 0.1) is 5.82 Å². The van der Waals surface area contributed by atoms with E-state index < -0.39 is 0 Å². The SMILES string of the molecule is C=CCCC(=O)N(CCc1ccc(F)cc1)Cc1cc2ccc(OC)cc2nc1N1CCOCC1. The lowest BCUT2D eigenvalue weighted by Crippen LogP contribution is -2.38. The van der Waals surface area contributed by atoms with Crippen LogP contribution in [0.2, 0.25) is 0 Å². The van der Waals surface area contributed by atoms with Crippen molar-refractivity contribution in [2.24, 2.45) is 0 Å². The lowest BCUT2D eigenvalue weighted by atomic mass is 10.1. The van der Waals surface area contributed by atoms with E-state index in [1.807, 2.05) is 23.1 Å². The number of nitrogens with zero attached hydrogens (tertiary/aromatic N) is 3. The highest BCUT2D eigenvalue weighted by Crippen LogP contribution is 2.28. The number of allylic oxidation sites excluding steroid dienone is 1. The topological polar surface area (TPSA) is 54.9 Å². The minimum Gasteiger partial charge on any atom is -0.497 e. The second-order valence-electron chi connectivity index (χ2n) is 8.65. The molecule has 0 saturated carbocycles. The molecule has 0 aliphatic carbocycles. The minimum atomic E-state index is -0.262. The first kappa shape index (κ1) is 24.7. The summed E-state index contributed by atoms with van der Waals surface area (Å²) >= 11 is 0. The molecule has 1 amide bonds. The maximum Gasteiger partial charge on any atom is 0.223 e. The Morgan fingerprint density at radius 2 is 1.97 bits per heavy atom. The van der Waals surface area contributed by atoms with Gasteiger partial charge in [-0.3, -0.25) is 4.79 Å². The van der Waals surface area contributed by atoms with Crippen molar-refractivity contribution in [2.45, 2.75) is 25.8 Å². The van der Waals surface area contributed by atoms with Gasteiger partial charge in [0, 0.05) is 49.6 Å². The number of methoxy groups -OCH3 is 1. The third-order valence-corrected chi connectivity index (χ3v) is 6.25. The molecule has 4 rings (SSSR count). The van der Waals surface area contributed by atoms with Gasteiger partial charge in [0.2, 0.25) is 5.91 Å². The van der Waals surface area contributed by atoms with Crippen molar-refractivity contribution < 1.29 is 18.7 Å². The molecular weight excluding hydrogens is 445 g/mol. The van der Waals surface area contributed by atoms with E-state index >= 15 is 0 Å². The van der Waals surface area contributed by atoms with Crippen molar-refractivity contribution in [1.82, 2.24) is 9.88 Å². The monoisotopic (exact) mass is 477 g/mol. The van der Waals surface area contributed by atoms with Crippen molar-refractivity contribution in [2.75, 3.05) is 44.9 Å². The van der Waals surface area contributed by atoms with Crippen LogP contribution in [0.25, 0.3) is 10.9 Å². The Morgan fingerprint density at radius 1 is 1.20 bits per heavy atom. The summed E-state index contributed by atoms with van der Waals surface area (Å²) in [6.07, 6.45) is 3.43. The summed E-state index contributed by atoms with van der Waals surface area (Å²) in [5, 5.41) is 0.995. The third kappa shape index (κ3) is 6.36. The Morgan fingerprint density at radius 3 is 2.69 bits per heavy atom. The minimum absolute atomic E-state index is 0.0646. The molecule has 1 fully saturated rings. The number of hydrogen-bond acceptors (Lipinski definition) is 5. The summed E-state index contributed by atoms with van der Waals surface area (Å²) in [6.45, 7) is 7.51. The smallest absolute Gasteiger partial charge is 0.223 e. The quantitative estimate of drug-likeness (QED) is 0.394. The van der Waals surface area contributed by atoms with Gasteiger partial charge in [0.25, 0.3) is 0 Å². The first-order chi connectivity index (χ1) is 17.1. The number of halogens is 1. The van der Waals surface area contributed by atoms with Crippen molar-refractivity contribution in [3.05, 3.63) is 78.1 Å². The van der Waals surface area contributed by atoms with Crippen molar-refractivity contribution in [3.8, 4) is 5.75 Å². The number of morpholine rings is 1. The van der Waals surface area contributed by atoms with Gasteiger partial charge in [-0.05, 0) is 48.7 Å². The summed E-state index contributed by atoms with van der Waals surface area (Å²) in [6, 6.07) is 14.4. The fourth-order valence-electron chi connectivity index (χ4n) is 4.27. The molecular formula is C28H32FN3O3. The second kappa shape index (κ2) is 11.8. The molecule has 2 aromatic carbocycles. The summed E-state index contributed by atoms with van der Waals surface area (Å²) < 4.78 is 24.3. The molecule has 0 atom stereocenters. The highest BCUT2D eigenvalue weighted by atomic mass is 19.1. The summed E-state index contributed by atoms with van der Waals surface area (Å²) in [5.74, 6) is 1.43. The molecule has 1 aliphatic heterocycles. The molecule has 1 saturated heterocycles. The number of hydrogen-bond donors (Lipinski definition) is 0. The number of fused-ring (bicyclic) bond motifs is 1. The van der Waals surface area contributed by atoms with Crippen LogP contribution in [0.3, 0.4) is 0 Å². The number of rotatable bonds is 10. The van der Waals surface area contributed by atoms with E-state index in [0.717, 1.165) is 46.7 Å². The normalized spacial score (nSPS) is 13.6. The molecule has 3 aromatic rings. The molecule has 0 spiro atoms. The first-order valence-electron chi connectivity index (χ1n) is 12.0. The molecule has 2 heterocycles. The number of benzene rings is 2. The lowest BCUT2D eigenvalue weighted by molar-refractivity contribution is -0.131. The fraction of sp³-hybridized carbons (Fsp3) is 0.357. The number of carbonyl (C=O) groups is 1. The maximum atomic E-state index is 13.3. The molecule has 0 N–H and O–H groups in total. The molecule has 0 radical (unpaired) electrons. The van der Waals surface area contributed by atoms with Crippen LogP contribution < -0.4 is 9.64 Å². The van der Waals surface area contributed by atoms with Crippen LogP contribution in [0.1, 0.15) is 24.0 Å². The van der Waals surface area contributed by atoms with Gasteiger partial charge in [-0.25, -0.2) is 9.37 Å². The number of anilines is 1. The Hall–Kier alpha value is -3.45. The van der Waals surface area contributed by atoms with Crippen molar-refractivity contribution in [1.29, 1.82) is 0 Å². The van der Waals surface area contributed by atoms with Gasteiger partial charge < -0.3 is 19.3 Å². The van der Waals surface area contributed by atoms with Crippen LogP contribution in [0.15, 0.2) is 61.2 Å². The summed E-state index contributed by atoms with van der Waals surface area (Å²) in [5.41, 5.74) is 2.84. The summed E-state index contributed by atoms with van der Waals surface area (Å²) in [7, 11) is 1.65. The van der Waals surface area contributed by atoms with Crippen molar-refractivity contribution >= 4 is 22.6 Å². The van der Waals surface area contributed by atoms with Crippen LogP contribution in [0.4, 0.5) is 10.2 Å². The van der Waals surface area contributed by atoms with Gasteiger partial charge in [-0.1, -0.05) is 18.2 Å². The Bertz CT molecular complexity index is 1160. The number of pyridine rings is 1. The first-order valence-corrected chi connectivity index (χ1v) is 12.0. The standard InChI is InChI=1S/C28H32FN3O3/c1-3-4-5-27(33)32(13-12-21-6-9-24(29)10-7-21)20-23-18-22-8-11-25(34-2)19-26(22)30-28(23)31-14-16-35-17-15-31/h3,6-11,18-19H,1,4-5,12-17,20H2,2H3. The summed E-state index contributed by atoms with van der Waals surface area (Å²) in [4.78, 5) is 22.3. The van der Waals surface area contributed by atoms with Gasteiger partial charge in [0.05, 0.1) is 25.8 Å². The van der Waals surface area contributed by atoms with Crippen LogP contribution in [-0.2, 0) is 22.5 Å². The van der Waals surface area contributed by atoms with Crippen molar-refractivity contribution in [3.63, 3.8) is 0 Å². The largest absolute Gasteiger partial charge is 0.497 e. The van der Waals surface area contributed by atoms with Gasteiger partial charge in [0.15, 0.2) is 0 Å². The molecule has 0 unspecified atom stereocenters. The molecule has 6 nitrogen and oxygen atoms in total. The van der Waals surface area contributed by atoms with Gasteiger partial charge in [-0.15, -0.1) is 6.58 Å². The molecule has 1 aliphatic rings. The maximum absolute atomic E-state index is 13.3. The van der Waals surface area contributed by atoms with E-state index in [2.05, 4.69) is 17.5 Å². The fourth-order valence-corrected chi connectivity index (χ4v) is 4.27. The average molecular weight is 478 g/mol. The molecule has 1 aromatic heterocycles. The predicted molar refractivity (Wildman–Crippen MR) is 136 cm³/mol. The average Bonchev–Trinajstić information content (AvgIpc) is 2.90. The second-order valence-corrected chi connectivity index (χ2v) is 8.65. The molecule has 184 valence electrons. The van der Waals surface area contributed by atoms with Crippen LogP contribution in [-0.4, -0.2) is 55.7 Å². The zero-order valence-corrected chi connectivity index (χ0v) is 20.2. The number of amides is 1. The highest BCUT2D eigenvalue weighted by molar-refractivity contribution is 5.84. The van der Waals surface area contributed by atoms with E-state index in [4.69, 9.17) is 14.5 Å². The zero-order valence-electron chi connectivity index (χ0n) is 20.2. The van der Waals surface area contributed by atoms with E-state index in [1.165, 1.54) is 12.1 Å². The van der Waals surface area contributed by atoms with Crippen LogP contribution >= 0.6 is 0 Å². The Balaban J connectivity index is 1.65. The number of carbonyl (C=O) groups excluding carboxylic acids is 1. The number of ether oxygens (including phenoxy) is 2. The van der Waals surface area contributed by atoms with E-state index in [0.29, 0.717) is 45.6 Å². The highest BCUT2D eigenvalue weighted by Gasteiger charge is 2.21.